The van der Waals surface area contributed by atoms with Gasteiger partial charge in [-0.05, 0) is 238 Å². The monoisotopic (exact) mass is 1630 g/mol. The van der Waals surface area contributed by atoms with Crippen molar-refractivity contribution in [3.63, 3.8) is 0 Å². The second-order valence-corrected chi connectivity index (χ2v) is 34.0. The summed E-state index contributed by atoms with van der Waals surface area (Å²) in [6, 6.07) is 174. The molecule has 596 valence electrons. The highest BCUT2D eigenvalue weighted by Gasteiger charge is 2.28. The van der Waals surface area contributed by atoms with Crippen LogP contribution in [0.5, 0.6) is 0 Å². The van der Waals surface area contributed by atoms with Crippen LogP contribution in [-0.2, 0) is 0 Å². The van der Waals surface area contributed by atoms with Crippen molar-refractivity contribution in [2.75, 3.05) is 15.1 Å². The number of hydrogen-bond donors (Lipinski definition) is 1. The highest BCUT2D eigenvalue weighted by molar-refractivity contribution is 6.18. The van der Waals surface area contributed by atoms with E-state index in [2.05, 4.69) is 496 Å². The Morgan fingerprint density at radius 2 is 0.453 bits per heavy atom. The van der Waals surface area contributed by atoms with E-state index in [4.69, 9.17) is 0 Å². The van der Waals surface area contributed by atoms with E-state index in [0.29, 0.717) is 0 Å². The van der Waals surface area contributed by atoms with Crippen LogP contribution in [-0.4, -0.2) is 13.7 Å². The van der Waals surface area contributed by atoms with Gasteiger partial charge in [0.2, 0.25) is 0 Å². The molecule has 26 aromatic rings. The summed E-state index contributed by atoms with van der Waals surface area (Å²) >= 11 is 0. The molecular weight excluding hydrogens is 1550 g/mol. The Kier molecular flexibility index (Phi) is 16.6. The fourth-order valence-corrected chi connectivity index (χ4v) is 21.0. The van der Waals surface area contributed by atoms with E-state index in [9.17, 15) is 0 Å². The van der Waals surface area contributed by atoms with Gasteiger partial charge in [-0.15, -0.1) is 0 Å². The maximum Gasteiger partial charge on any atom is 0.0542 e. The number of benzene rings is 23. The summed E-state index contributed by atoms with van der Waals surface area (Å²) in [4.78, 5) is 5.05. The van der Waals surface area contributed by atoms with Crippen LogP contribution < -0.4 is 15.1 Å². The van der Waals surface area contributed by atoms with Gasteiger partial charge >= 0.3 is 0 Å². The lowest BCUT2D eigenvalue weighted by molar-refractivity contribution is 1.19. The normalized spacial score (nSPS) is 11.9. The Morgan fingerprint density at radius 1 is 0.156 bits per heavy atom. The molecule has 3 aromatic heterocycles. The first-order valence-electron chi connectivity index (χ1n) is 44.1. The van der Waals surface area contributed by atoms with Crippen molar-refractivity contribution in [1.29, 1.82) is 0 Å². The van der Waals surface area contributed by atoms with Gasteiger partial charge in [0.1, 0.15) is 0 Å². The SMILES string of the molecule is c1ccc2cc(-c3ccc4c(c3)c3cc(N(c5cc(Nc6ccc7c(c6)c6cc(-c8cccc9ccccc89)ccc6n7-c6cccc7ccccc67)cc(N(c6ccc7c(c6)c6cc(-c8cccc9ccccc89)ccc6n7-c6cccc7ccccc67)c6cccc7ccccc67)c5)c5cccc6ccccc56)ccc3n4-c3cccc4ccccc34)ccc2c1. The van der Waals surface area contributed by atoms with Crippen molar-refractivity contribution in [3.05, 3.63) is 467 Å². The van der Waals surface area contributed by atoms with Gasteiger partial charge in [0.05, 0.1) is 72.9 Å². The smallest absolute Gasteiger partial charge is 0.0542 e. The molecule has 0 aliphatic heterocycles. The van der Waals surface area contributed by atoms with Crippen LogP contribution in [0.2, 0.25) is 0 Å². The minimum Gasteiger partial charge on any atom is -0.355 e. The molecule has 0 spiro atoms. The van der Waals surface area contributed by atoms with E-state index in [1.165, 1.54) is 81.3 Å². The minimum absolute atomic E-state index is 0.892. The molecule has 0 saturated carbocycles. The summed E-state index contributed by atoms with van der Waals surface area (Å²) in [7, 11) is 0. The van der Waals surface area contributed by atoms with E-state index in [1.807, 2.05) is 0 Å². The lowest BCUT2D eigenvalue weighted by atomic mass is 9.97. The summed E-state index contributed by atoms with van der Waals surface area (Å²) < 4.78 is 7.47. The third kappa shape index (κ3) is 11.8. The largest absolute Gasteiger partial charge is 0.355 e. The van der Waals surface area contributed by atoms with Crippen LogP contribution in [0.3, 0.4) is 0 Å². The molecular formula is C122H78N6. The Labute approximate surface area is 738 Å². The van der Waals surface area contributed by atoms with Gasteiger partial charge in [0, 0.05) is 82.0 Å². The van der Waals surface area contributed by atoms with E-state index in [0.717, 1.165) is 166 Å². The molecule has 6 nitrogen and oxygen atoms in total. The van der Waals surface area contributed by atoms with Crippen LogP contribution in [0.25, 0.3) is 202 Å². The zero-order valence-electron chi connectivity index (χ0n) is 69.7. The van der Waals surface area contributed by atoms with Crippen LogP contribution in [0, 0.1) is 0 Å². The third-order valence-electron chi connectivity index (χ3n) is 26.8. The predicted molar refractivity (Wildman–Crippen MR) is 545 cm³/mol. The molecule has 3 heterocycles. The van der Waals surface area contributed by atoms with Gasteiger partial charge in [-0.2, -0.15) is 0 Å². The number of nitrogens with zero attached hydrogens (tertiary/aromatic N) is 5. The first kappa shape index (κ1) is 72.6. The number of fused-ring (bicyclic) bond motifs is 17. The summed E-state index contributed by atoms with van der Waals surface area (Å²) in [6.07, 6.45) is 0. The highest BCUT2D eigenvalue weighted by atomic mass is 15.2. The molecule has 0 bridgehead atoms. The Balaban J connectivity index is 0.745. The van der Waals surface area contributed by atoms with Gasteiger partial charge in [0.25, 0.3) is 0 Å². The van der Waals surface area contributed by atoms with Crippen LogP contribution in [0.15, 0.2) is 467 Å². The zero-order chi connectivity index (χ0) is 84.0. The first-order valence-corrected chi connectivity index (χ1v) is 44.1. The second-order valence-electron chi connectivity index (χ2n) is 34.0. The van der Waals surface area contributed by atoms with Gasteiger partial charge < -0.3 is 28.8 Å². The molecule has 0 radical (unpaired) electrons. The summed E-state index contributed by atoms with van der Waals surface area (Å²) in [6.45, 7) is 0. The average Bonchev–Trinajstić information content (AvgIpc) is 1.59. The fourth-order valence-electron chi connectivity index (χ4n) is 21.0. The maximum absolute atomic E-state index is 4.26. The third-order valence-corrected chi connectivity index (χ3v) is 26.8. The average molecular weight is 1630 g/mol. The van der Waals surface area contributed by atoms with Crippen molar-refractivity contribution < 1.29 is 0 Å². The topological polar surface area (TPSA) is 33.3 Å². The number of aromatic nitrogens is 3. The molecule has 6 heteroatoms. The number of anilines is 8. The van der Waals surface area contributed by atoms with Gasteiger partial charge in [-0.1, -0.05) is 322 Å². The van der Waals surface area contributed by atoms with E-state index in [-0.39, 0.29) is 0 Å². The summed E-state index contributed by atoms with van der Waals surface area (Å²) in [5, 5.41) is 30.0. The Morgan fingerprint density at radius 3 is 0.891 bits per heavy atom. The lowest BCUT2D eigenvalue weighted by Gasteiger charge is -2.31. The second kappa shape index (κ2) is 29.3. The number of hydrogen-bond acceptors (Lipinski definition) is 3. The Hall–Kier alpha value is -17.1. The van der Waals surface area contributed by atoms with Crippen LogP contribution in [0.1, 0.15) is 0 Å². The van der Waals surface area contributed by atoms with Gasteiger partial charge in [-0.3, -0.25) is 0 Å². The number of nitrogens with one attached hydrogen (secondary N) is 1. The first-order chi connectivity index (χ1) is 63.4. The number of rotatable bonds is 14. The highest BCUT2D eigenvalue weighted by Crippen LogP contribution is 2.51. The van der Waals surface area contributed by atoms with E-state index < -0.39 is 0 Å². The molecule has 0 fully saturated rings. The van der Waals surface area contributed by atoms with E-state index >= 15 is 0 Å². The molecule has 26 rings (SSSR count). The molecule has 0 atom stereocenters. The molecule has 1 N–H and O–H groups in total. The summed E-state index contributed by atoms with van der Waals surface area (Å²) in [5.74, 6) is 0. The molecule has 0 aliphatic carbocycles. The molecule has 128 heavy (non-hydrogen) atoms. The van der Waals surface area contributed by atoms with Crippen molar-refractivity contribution in [2.24, 2.45) is 0 Å². The summed E-state index contributed by atoms with van der Waals surface area (Å²) in [5.41, 5.74) is 24.9. The van der Waals surface area contributed by atoms with Crippen molar-refractivity contribution in [2.45, 2.75) is 0 Å². The molecule has 0 unspecified atom stereocenters. The van der Waals surface area contributed by atoms with Gasteiger partial charge in [0.15, 0.2) is 0 Å². The lowest BCUT2D eigenvalue weighted by Crippen LogP contribution is -2.14. The van der Waals surface area contributed by atoms with Crippen LogP contribution >= 0.6 is 0 Å². The molecule has 0 amide bonds. The van der Waals surface area contributed by atoms with Crippen LogP contribution in [0.4, 0.5) is 45.5 Å². The standard InChI is InChI=1S/C122H78N6/c1-2-32-86-68-87(55-54-78(86)24-1)88-56-62-117-106(69-88)110-76-93(60-66-121(110)127(117)115-52-22-38-84-30-8-15-45-104(84)115)124(112-49-19-35-81-27-5-12-42-101(81)112)95-72-92(123-91-59-65-120-109(74-91)107-70-89(99-47-17-33-79-25-3-10-40-97(79)99)57-63-118(107)126(120)114-51-21-37-83-29-7-14-44-103(83)114)73-96(75-95)125(113-50-20-36-82-28-6-13-43-102(82)113)94-61-67-122-111(77-94)108-71-90(100-48-18-34-80-26-4-11-41-98(80)100)58-64-119(108)128(122)116-53-23-39-85-31-9-16-46-105(85)116/h1-77,123H. The zero-order valence-corrected chi connectivity index (χ0v) is 69.7. The minimum atomic E-state index is 0.892. The predicted octanol–water partition coefficient (Wildman–Crippen LogP) is 33.9. The van der Waals surface area contributed by atoms with Crippen molar-refractivity contribution >= 4 is 197 Å². The van der Waals surface area contributed by atoms with E-state index in [1.54, 1.807) is 0 Å². The van der Waals surface area contributed by atoms with Gasteiger partial charge in [-0.25, -0.2) is 0 Å². The molecule has 0 saturated heterocycles. The molecule has 0 aliphatic rings. The van der Waals surface area contributed by atoms with Crippen molar-refractivity contribution in [3.8, 4) is 50.4 Å². The van der Waals surface area contributed by atoms with Crippen molar-refractivity contribution in [1.82, 2.24) is 13.7 Å². The molecule has 23 aromatic carbocycles. The quantitative estimate of drug-likeness (QED) is 0.118. The maximum atomic E-state index is 4.26. The Bertz CT molecular complexity index is 9070. The fraction of sp³-hybridized carbons (Fsp3) is 0.